The highest BCUT2D eigenvalue weighted by Gasteiger charge is 2.16. The van der Waals surface area contributed by atoms with Crippen molar-refractivity contribution < 1.29 is 9.47 Å². The number of thioether (sulfide) groups is 1. The normalized spacial score (nSPS) is 11.6. The number of hydrogen-bond acceptors (Lipinski definition) is 6. The number of ether oxygens (including phenoxy) is 2. The van der Waals surface area contributed by atoms with Crippen LogP contribution in [0.25, 0.3) is 22.6 Å². The van der Waals surface area contributed by atoms with Crippen molar-refractivity contribution in [2.75, 3.05) is 20.0 Å². The fourth-order valence-corrected chi connectivity index (χ4v) is 3.82. The summed E-state index contributed by atoms with van der Waals surface area (Å²) in [5, 5.41) is 6.33. The Balaban J connectivity index is 1.73. The molecule has 0 saturated carbocycles. The van der Waals surface area contributed by atoms with Gasteiger partial charge in [0.15, 0.2) is 28.1 Å². The van der Waals surface area contributed by atoms with Crippen LogP contribution in [0, 0.1) is 0 Å². The van der Waals surface area contributed by atoms with Crippen LogP contribution in [0.4, 0.5) is 0 Å². The Hall–Kier alpha value is -3.06. The third kappa shape index (κ3) is 3.91. The molecule has 0 saturated heterocycles. The van der Waals surface area contributed by atoms with Crippen LogP contribution in [0.2, 0.25) is 0 Å². The van der Waals surface area contributed by atoms with Crippen molar-refractivity contribution in [1.29, 1.82) is 0 Å². The lowest BCUT2D eigenvalue weighted by Crippen LogP contribution is -2.00. The number of nitrogens with zero attached hydrogens (tertiary/aromatic N) is 4. The molecule has 0 aliphatic rings. The van der Waals surface area contributed by atoms with Crippen LogP contribution >= 0.6 is 11.8 Å². The van der Waals surface area contributed by atoms with Crippen molar-refractivity contribution in [1.82, 2.24) is 19.6 Å². The number of benzene rings is 2. The first-order valence-corrected chi connectivity index (χ1v) is 10.4. The zero-order valence-corrected chi connectivity index (χ0v) is 17.4. The van der Waals surface area contributed by atoms with E-state index in [-0.39, 0.29) is 0 Å². The molecule has 4 rings (SSSR count). The van der Waals surface area contributed by atoms with E-state index in [0.717, 1.165) is 39.7 Å². The fourth-order valence-electron chi connectivity index (χ4n) is 3.07. The SMILES string of the molecule is CCc1nc2c3cc(OC)c(OC)cc3nc(SCC=Cc3ccccc3)n2n1. The Bertz CT molecular complexity index is 1170. The van der Waals surface area contributed by atoms with Gasteiger partial charge in [-0.05, 0) is 11.6 Å². The minimum absolute atomic E-state index is 0.645. The lowest BCUT2D eigenvalue weighted by molar-refractivity contribution is 0.355. The molecule has 0 atom stereocenters. The summed E-state index contributed by atoms with van der Waals surface area (Å²) >= 11 is 1.62. The Morgan fingerprint density at radius 2 is 1.79 bits per heavy atom. The van der Waals surface area contributed by atoms with Crippen molar-refractivity contribution in [3.8, 4) is 11.5 Å². The number of methoxy groups -OCH3 is 2. The van der Waals surface area contributed by atoms with Gasteiger partial charge in [-0.1, -0.05) is 61.2 Å². The van der Waals surface area contributed by atoms with Crippen molar-refractivity contribution in [3.05, 3.63) is 59.9 Å². The van der Waals surface area contributed by atoms with Crippen LogP contribution in [0.1, 0.15) is 18.3 Å². The van der Waals surface area contributed by atoms with Gasteiger partial charge in [0.1, 0.15) is 0 Å². The lowest BCUT2D eigenvalue weighted by Gasteiger charge is -2.10. The van der Waals surface area contributed by atoms with Gasteiger partial charge in [-0.3, -0.25) is 0 Å². The summed E-state index contributed by atoms with van der Waals surface area (Å²) < 4.78 is 12.7. The van der Waals surface area contributed by atoms with Crippen molar-refractivity contribution in [2.24, 2.45) is 0 Å². The van der Waals surface area contributed by atoms with E-state index in [9.17, 15) is 0 Å². The highest BCUT2D eigenvalue weighted by molar-refractivity contribution is 7.99. The lowest BCUT2D eigenvalue weighted by atomic mass is 10.2. The summed E-state index contributed by atoms with van der Waals surface area (Å²) in [5.41, 5.74) is 2.76. The smallest absolute Gasteiger partial charge is 0.191 e. The topological polar surface area (TPSA) is 61.5 Å². The average Bonchev–Trinajstić information content (AvgIpc) is 3.21. The van der Waals surface area contributed by atoms with E-state index in [1.54, 1.807) is 26.0 Å². The molecule has 0 fully saturated rings. The van der Waals surface area contributed by atoms with Crippen molar-refractivity contribution >= 4 is 34.4 Å². The zero-order chi connectivity index (χ0) is 20.2. The third-order valence-electron chi connectivity index (χ3n) is 4.53. The molecule has 0 aliphatic carbocycles. The predicted octanol–water partition coefficient (Wildman–Crippen LogP) is 4.66. The molecule has 0 bridgehead atoms. The van der Waals surface area contributed by atoms with Crippen LogP contribution in [0.3, 0.4) is 0 Å². The summed E-state index contributed by atoms with van der Waals surface area (Å²) in [4.78, 5) is 9.54. The maximum absolute atomic E-state index is 5.45. The van der Waals surface area contributed by atoms with E-state index in [4.69, 9.17) is 19.4 Å². The van der Waals surface area contributed by atoms with E-state index >= 15 is 0 Å². The maximum atomic E-state index is 5.45. The Labute approximate surface area is 173 Å². The molecule has 7 heteroatoms. The second kappa shape index (κ2) is 8.53. The molecule has 2 aromatic heterocycles. The van der Waals surface area contributed by atoms with Gasteiger partial charge in [0.2, 0.25) is 0 Å². The molecule has 0 aliphatic heterocycles. The Kier molecular flexibility index (Phi) is 5.67. The number of aryl methyl sites for hydroxylation is 1. The number of hydrogen-bond donors (Lipinski definition) is 0. The van der Waals surface area contributed by atoms with Crippen LogP contribution < -0.4 is 9.47 Å². The van der Waals surface area contributed by atoms with Gasteiger partial charge in [0, 0.05) is 23.6 Å². The molecule has 0 amide bonds. The second-order valence-corrected chi connectivity index (χ2v) is 7.35. The van der Waals surface area contributed by atoms with E-state index in [0.29, 0.717) is 11.5 Å². The standard InChI is InChI=1S/C22H22N4O2S/c1-4-20-24-21-16-13-18(27-2)19(28-3)14-17(16)23-22(26(21)25-20)29-12-8-11-15-9-6-5-7-10-15/h5-11,13-14H,4,12H2,1-3H3. The Morgan fingerprint density at radius 3 is 2.52 bits per heavy atom. The van der Waals surface area contributed by atoms with Gasteiger partial charge in [0.25, 0.3) is 0 Å². The minimum atomic E-state index is 0.645. The average molecular weight is 407 g/mol. The molecular weight excluding hydrogens is 384 g/mol. The molecule has 0 unspecified atom stereocenters. The third-order valence-corrected chi connectivity index (χ3v) is 5.41. The fraction of sp³-hybridized carbons (Fsp3) is 0.227. The van der Waals surface area contributed by atoms with E-state index in [2.05, 4.69) is 29.4 Å². The molecule has 0 spiro atoms. The van der Waals surface area contributed by atoms with Crippen molar-refractivity contribution in [3.63, 3.8) is 0 Å². The zero-order valence-electron chi connectivity index (χ0n) is 16.6. The highest BCUT2D eigenvalue weighted by atomic mass is 32.2. The van der Waals surface area contributed by atoms with Gasteiger partial charge in [0.05, 0.1) is 19.7 Å². The number of fused-ring (bicyclic) bond motifs is 3. The van der Waals surface area contributed by atoms with Gasteiger partial charge < -0.3 is 9.47 Å². The maximum Gasteiger partial charge on any atom is 0.191 e. The van der Waals surface area contributed by atoms with Crippen LogP contribution in [-0.2, 0) is 6.42 Å². The second-order valence-electron chi connectivity index (χ2n) is 6.36. The summed E-state index contributed by atoms with van der Waals surface area (Å²) in [5.74, 6) is 2.86. The molecule has 2 heterocycles. The first-order chi connectivity index (χ1) is 14.2. The first kappa shape index (κ1) is 19.3. The van der Waals surface area contributed by atoms with Crippen LogP contribution in [-0.4, -0.2) is 39.6 Å². The van der Waals surface area contributed by atoms with Crippen LogP contribution in [0.15, 0.2) is 53.7 Å². The van der Waals surface area contributed by atoms with Crippen LogP contribution in [0.5, 0.6) is 11.5 Å². The number of aromatic nitrogens is 4. The van der Waals surface area contributed by atoms with E-state index < -0.39 is 0 Å². The monoisotopic (exact) mass is 406 g/mol. The van der Waals surface area contributed by atoms with Crippen molar-refractivity contribution in [2.45, 2.75) is 18.5 Å². The summed E-state index contributed by atoms with van der Waals surface area (Å²) in [7, 11) is 3.25. The van der Waals surface area contributed by atoms with Gasteiger partial charge in [-0.15, -0.1) is 5.10 Å². The molecule has 0 N–H and O–H groups in total. The quantitative estimate of drug-likeness (QED) is 0.328. The molecule has 6 nitrogen and oxygen atoms in total. The molecule has 148 valence electrons. The largest absolute Gasteiger partial charge is 0.493 e. The van der Waals surface area contributed by atoms with E-state index in [1.807, 2.05) is 41.8 Å². The molecule has 0 radical (unpaired) electrons. The first-order valence-electron chi connectivity index (χ1n) is 9.39. The summed E-state index contributed by atoms with van der Waals surface area (Å²) in [6, 6.07) is 14.0. The summed E-state index contributed by atoms with van der Waals surface area (Å²) in [6.07, 6.45) is 5.00. The Morgan fingerprint density at radius 1 is 1.03 bits per heavy atom. The predicted molar refractivity (Wildman–Crippen MR) is 117 cm³/mol. The highest BCUT2D eigenvalue weighted by Crippen LogP contribution is 2.34. The number of rotatable bonds is 7. The van der Waals surface area contributed by atoms with E-state index in [1.165, 1.54) is 5.56 Å². The minimum Gasteiger partial charge on any atom is -0.493 e. The summed E-state index contributed by atoms with van der Waals surface area (Å²) in [6.45, 7) is 2.05. The van der Waals surface area contributed by atoms with Gasteiger partial charge in [-0.2, -0.15) is 4.52 Å². The molecule has 29 heavy (non-hydrogen) atoms. The molecule has 4 aromatic rings. The molecular formula is C22H22N4O2S. The van der Waals surface area contributed by atoms with Gasteiger partial charge >= 0.3 is 0 Å². The molecule has 2 aromatic carbocycles. The van der Waals surface area contributed by atoms with Gasteiger partial charge in [-0.25, -0.2) is 9.97 Å².